The molecule has 0 radical (unpaired) electrons. The lowest BCUT2D eigenvalue weighted by Gasteiger charge is -2.33. The molecular formula is C15H24N4S. The summed E-state index contributed by atoms with van der Waals surface area (Å²) in [6.07, 6.45) is 3.63. The molecule has 1 aromatic heterocycles. The first-order valence-corrected chi connectivity index (χ1v) is 8.42. The Kier molecular flexibility index (Phi) is 4.15. The van der Waals surface area contributed by atoms with Gasteiger partial charge in [-0.15, -0.1) is 11.3 Å². The maximum absolute atomic E-state index is 4.35. The highest BCUT2D eigenvalue weighted by Gasteiger charge is 2.33. The van der Waals surface area contributed by atoms with Crippen molar-refractivity contribution in [2.75, 3.05) is 25.0 Å². The normalized spacial score (nSPS) is 27.5. The molecule has 1 aromatic rings. The summed E-state index contributed by atoms with van der Waals surface area (Å²) < 4.78 is 0. The Morgan fingerprint density at radius 3 is 2.65 bits per heavy atom. The molecule has 2 heterocycles. The fraction of sp³-hybridized carbons (Fsp3) is 0.667. The third-order valence-corrected chi connectivity index (χ3v) is 5.24. The predicted molar refractivity (Wildman–Crippen MR) is 86.8 cm³/mol. The minimum absolute atomic E-state index is 0.548. The Hall–Kier alpha value is -1.23. The van der Waals surface area contributed by atoms with Gasteiger partial charge in [-0.25, -0.2) is 0 Å². The van der Waals surface area contributed by atoms with Crippen molar-refractivity contribution in [3.63, 3.8) is 0 Å². The number of thiophene rings is 1. The topological polar surface area (TPSA) is 39.7 Å². The van der Waals surface area contributed by atoms with Gasteiger partial charge in [0.05, 0.1) is 5.00 Å². The average Bonchev–Trinajstić information content (AvgIpc) is 2.96. The second-order valence-electron chi connectivity index (χ2n) is 5.89. The van der Waals surface area contributed by atoms with Gasteiger partial charge in [0.1, 0.15) is 0 Å². The third-order valence-electron chi connectivity index (χ3n) is 4.31. The van der Waals surface area contributed by atoms with Crippen LogP contribution >= 0.6 is 11.3 Å². The van der Waals surface area contributed by atoms with Gasteiger partial charge in [-0.1, -0.05) is 6.92 Å². The molecule has 2 fully saturated rings. The quantitative estimate of drug-likeness (QED) is 0.663. The monoisotopic (exact) mass is 292 g/mol. The zero-order valence-electron chi connectivity index (χ0n) is 12.3. The lowest BCUT2D eigenvalue weighted by molar-refractivity contribution is 0.462. The fourth-order valence-electron chi connectivity index (χ4n) is 2.76. The molecule has 5 heteroatoms. The highest BCUT2D eigenvalue weighted by Crippen LogP contribution is 2.29. The highest BCUT2D eigenvalue weighted by molar-refractivity contribution is 7.14. The number of rotatable bonds is 3. The van der Waals surface area contributed by atoms with Crippen molar-refractivity contribution in [3.05, 3.63) is 17.5 Å². The summed E-state index contributed by atoms with van der Waals surface area (Å²) in [5, 5.41) is 10.6. The highest BCUT2D eigenvalue weighted by atomic mass is 32.1. The second-order valence-corrected chi connectivity index (χ2v) is 6.82. The molecule has 0 spiro atoms. The molecule has 2 unspecified atom stereocenters. The van der Waals surface area contributed by atoms with Crippen LogP contribution in [-0.4, -0.2) is 38.2 Å². The molecule has 1 saturated carbocycles. The zero-order valence-corrected chi connectivity index (χ0v) is 13.1. The number of nitrogens with one attached hydrogen (secondary N) is 2. The molecule has 2 aliphatic rings. The zero-order chi connectivity index (χ0) is 13.9. The second kappa shape index (κ2) is 6.04. The van der Waals surface area contributed by atoms with E-state index in [2.05, 4.69) is 45.0 Å². The number of anilines is 1. The van der Waals surface area contributed by atoms with Crippen molar-refractivity contribution in [2.24, 2.45) is 10.9 Å². The Morgan fingerprint density at radius 2 is 2.10 bits per heavy atom. The van der Waals surface area contributed by atoms with E-state index >= 15 is 0 Å². The van der Waals surface area contributed by atoms with Gasteiger partial charge in [0.25, 0.3) is 0 Å². The van der Waals surface area contributed by atoms with E-state index in [0.717, 1.165) is 25.0 Å². The summed E-state index contributed by atoms with van der Waals surface area (Å²) in [5.41, 5.74) is 0. The summed E-state index contributed by atoms with van der Waals surface area (Å²) in [7, 11) is 1.86. The first-order chi connectivity index (χ1) is 9.76. The minimum atomic E-state index is 0.548. The van der Waals surface area contributed by atoms with Crippen LogP contribution in [0.25, 0.3) is 0 Å². The average molecular weight is 292 g/mol. The van der Waals surface area contributed by atoms with Crippen LogP contribution in [0.2, 0.25) is 0 Å². The van der Waals surface area contributed by atoms with Gasteiger partial charge in [-0.05, 0) is 42.7 Å². The molecule has 110 valence electrons. The van der Waals surface area contributed by atoms with Gasteiger partial charge in [0.15, 0.2) is 5.96 Å². The SMILES string of the molecule is CN=C(NC1CCN(c2cccs2)CC1)NC1CC1C. The number of nitrogens with zero attached hydrogens (tertiary/aromatic N) is 2. The van der Waals surface area contributed by atoms with Crippen LogP contribution in [0.15, 0.2) is 22.5 Å². The van der Waals surface area contributed by atoms with Crippen LogP contribution in [-0.2, 0) is 0 Å². The van der Waals surface area contributed by atoms with E-state index in [4.69, 9.17) is 0 Å². The third kappa shape index (κ3) is 3.26. The van der Waals surface area contributed by atoms with Crippen LogP contribution < -0.4 is 15.5 Å². The van der Waals surface area contributed by atoms with E-state index in [1.54, 1.807) is 0 Å². The maximum Gasteiger partial charge on any atom is 0.191 e. The van der Waals surface area contributed by atoms with Gasteiger partial charge in [-0.3, -0.25) is 4.99 Å². The summed E-state index contributed by atoms with van der Waals surface area (Å²) in [5.74, 6) is 1.78. The van der Waals surface area contributed by atoms with Gasteiger partial charge < -0.3 is 15.5 Å². The molecule has 3 rings (SSSR count). The van der Waals surface area contributed by atoms with Crippen molar-refractivity contribution in [2.45, 2.75) is 38.3 Å². The molecule has 1 aliphatic heterocycles. The van der Waals surface area contributed by atoms with E-state index in [-0.39, 0.29) is 0 Å². The summed E-state index contributed by atoms with van der Waals surface area (Å²) in [6.45, 7) is 4.55. The molecule has 20 heavy (non-hydrogen) atoms. The van der Waals surface area contributed by atoms with Crippen LogP contribution in [0, 0.1) is 5.92 Å². The number of hydrogen-bond acceptors (Lipinski definition) is 3. The Labute approximate surface area is 125 Å². The molecule has 2 N–H and O–H groups in total. The van der Waals surface area contributed by atoms with Crippen molar-refractivity contribution >= 4 is 22.3 Å². The fourth-order valence-corrected chi connectivity index (χ4v) is 3.54. The predicted octanol–water partition coefficient (Wildman–Crippen LogP) is 2.29. The lowest BCUT2D eigenvalue weighted by atomic mass is 10.1. The van der Waals surface area contributed by atoms with E-state index < -0.39 is 0 Å². The smallest absolute Gasteiger partial charge is 0.191 e. The largest absolute Gasteiger partial charge is 0.363 e. The van der Waals surface area contributed by atoms with Gasteiger partial charge in [0, 0.05) is 32.2 Å². The molecule has 1 saturated heterocycles. The Balaban J connectivity index is 1.45. The lowest BCUT2D eigenvalue weighted by Crippen LogP contribution is -2.49. The van der Waals surface area contributed by atoms with Crippen molar-refractivity contribution in [3.8, 4) is 0 Å². The molecular weight excluding hydrogens is 268 g/mol. The van der Waals surface area contributed by atoms with Crippen molar-refractivity contribution < 1.29 is 0 Å². The van der Waals surface area contributed by atoms with Gasteiger partial charge in [0.2, 0.25) is 0 Å². The molecule has 1 aliphatic carbocycles. The minimum Gasteiger partial charge on any atom is -0.363 e. The first kappa shape index (κ1) is 13.7. The Morgan fingerprint density at radius 1 is 1.35 bits per heavy atom. The number of piperidine rings is 1. The van der Waals surface area contributed by atoms with Crippen molar-refractivity contribution in [1.82, 2.24) is 10.6 Å². The first-order valence-electron chi connectivity index (χ1n) is 7.54. The van der Waals surface area contributed by atoms with Gasteiger partial charge >= 0.3 is 0 Å². The number of aliphatic imine (C=N–C) groups is 1. The van der Waals surface area contributed by atoms with Crippen LogP contribution in [0.5, 0.6) is 0 Å². The van der Waals surface area contributed by atoms with E-state index in [0.29, 0.717) is 12.1 Å². The van der Waals surface area contributed by atoms with E-state index in [9.17, 15) is 0 Å². The van der Waals surface area contributed by atoms with Gasteiger partial charge in [-0.2, -0.15) is 0 Å². The van der Waals surface area contributed by atoms with E-state index in [1.807, 2.05) is 18.4 Å². The standard InChI is InChI=1S/C15H24N4S/c1-11-10-13(11)18-15(16-2)17-12-5-7-19(8-6-12)14-4-3-9-20-14/h3-4,9,11-13H,5-8,10H2,1-2H3,(H2,16,17,18). The van der Waals surface area contributed by atoms with Crippen molar-refractivity contribution in [1.29, 1.82) is 0 Å². The summed E-state index contributed by atoms with van der Waals surface area (Å²) >= 11 is 1.84. The molecule has 0 amide bonds. The molecule has 4 nitrogen and oxygen atoms in total. The summed E-state index contributed by atoms with van der Waals surface area (Å²) in [4.78, 5) is 6.84. The number of hydrogen-bond donors (Lipinski definition) is 2. The summed E-state index contributed by atoms with van der Waals surface area (Å²) in [6, 6.07) is 5.53. The van der Waals surface area contributed by atoms with E-state index in [1.165, 1.54) is 24.3 Å². The number of guanidine groups is 1. The molecule has 2 atom stereocenters. The maximum atomic E-state index is 4.35. The van der Waals surface area contributed by atoms with Crippen LogP contribution in [0.3, 0.4) is 0 Å². The van der Waals surface area contributed by atoms with Crippen LogP contribution in [0.4, 0.5) is 5.00 Å². The molecule has 0 aromatic carbocycles. The van der Waals surface area contributed by atoms with Crippen LogP contribution in [0.1, 0.15) is 26.2 Å². The molecule has 0 bridgehead atoms. The Bertz CT molecular complexity index is 448.